The van der Waals surface area contributed by atoms with Crippen LogP contribution in [0.25, 0.3) is 0 Å². The molecule has 6 fully saturated rings. The molecule has 6 rings (SSSR count). The van der Waals surface area contributed by atoms with E-state index in [9.17, 15) is 0 Å². The molecule has 15 heteroatoms. The Morgan fingerprint density at radius 2 is 0.735 bits per heavy atom. The molecule has 49 heavy (non-hydrogen) atoms. The first kappa shape index (κ1) is 48.0. The molecule has 12 atom stereocenters. The van der Waals surface area contributed by atoms with Crippen molar-refractivity contribution in [2.45, 2.75) is 38.5 Å². The van der Waals surface area contributed by atoms with Gasteiger partial charge in [0.05, 0.1) is 70.7 Å². The number of rotatable bonds is 0. The number of quaternary nitrogens is 6. The highest BCUT2D eigenvalue weighted by molar-refractivity contribution is 8.09. The quantitative estimate of drug-likeness (QED) is 0.128. The minimum absolute atomic E-state index is 0.0984. The van der Waals surface area contributed by atoms with Crippen LogP contribution in [0.15, 0.2) is 0 Å². The van der Waals surface area contributed by atoms with E-state index in [0.717, 1.165) is 68.0 Å². The van der Waals surface area contributed by atoms with Crippen LogP contribution in [0.2, 0.25) is 0 Å². The Kier molecular flexibility index (Phi) is 28.7. The van der Waals surface area contributed by atoms with Crippen LogP contribution in [0.5, 0.6) is 0 Å². The van der Waals surface area contributed by atoms with Gasteiger partial charge in [0.15, 0.2) is 6.73 Å². The van der Waals surface area contributed by atoms with Gasteiger partial charge in [-0.25, -0.2) is 0 Å². The Morgan fingerprint density at radius 3 is 1.20 bits per heavy atom. The summed E-state index contributed by atoms with van der Waals surface area (Å²) in [5, 5.41) is 0. The molecular formula is C34H74N6O3S6. The second kappa shape index (κ2) is 29.3. The molecule has 0 bridgehead atoms. The monoisotopic (exact) mass is 806 g/mol. The van der Waals surface area contributed by atoms with E-state index in [1.54, 1.807) is 0 Å². The summed E-state index contributed by atoms with van der Waals surface area (Å²) in [7, 11) is 24.9. The average molecular weight is 807 g/mol. The molecule has 9 nitrogen and oxygen atoms in total. The van der Waals surface area contributed by atoms with Gasteiger partial charge >= 0.3 is 0 Å². The van der Waals surface area contributed by atoms with Crippen molar-refractivity contribution in [1.82, 2.24) is 0 Å². The third-order valence-electron chi connectivity index (χ3n) is 8.23. The minimum Gasteiger partial charge on any atom is -0.414 e. The number of hydrogen-bond acceptors (Lipinski definition) is 3. The summed E-state index contributed by atoms with van der Waals surface area (Å²) in [4.78, 5) is 0. The van der Waals surface area contributed by atoms with Gasteiger partial charge in [0.1, 0.15) is 5.94 Å². The van der Waals surface area contributed by atoms with Crippen LogP contribution >= 0.6 is 64.0 Å². The SMILES string of the molecule is C=S1CCCCC[NH+]1[CH2-].C=S1CCCC[NH+]1[CH2-].C=S1CCC[NH+]1[CH2-].C=S1CCOCC[NH+]1[CH2-].C=S1CCOC[NH+]1[CH2-].C=S1COCC[NH+]1[CH2-]. The van der Waals surface area contributed by atoms with Crippen LogP contribution in [0.4, 0.5) is 0 Å². The zero-order valence-corrected chi connectivity index (χ0v) is 35.6. The Hall–Kier alpha value is 0.960. The minimum atomic E-state index is 0.0984. The first-order chi connectivity index (χ1) is 23.3. The van der Waals surface area contributed by atoms with Crippen molar-refractivity contribution >= 4 is 99.2 Å². The molecule has 6 heterocycles. The Balaban J connectivity index is 0.000000294. The molecule has 0 amide bonds. The van der Waals surface area contributed by atoms with E-state index < -0.39 is 0 Å². The van der Waals surface area contributed by atoms with Gasteiger partial charge in [-0.15, -0.1) is 42.3 Å². The van der Waals surface area contributed by atoms with Crippen LogP contribution in [-0.4, -0.2) is 136 Å². The average Bonchev–Trinajstić information content (AvgIpc) is 3.22. The first-order valence-electron chi connectivity index (χ1n) is 17.2. The maximum atomic E-state index is 5.24. The highest BCUT2D eigenvalue weighted by Crippen LogP contribution is 2.08. The van der Waals surface area contributed by atoms with Gasteiger partial charge in [0.2, 0.25) is 0 Å². The molecule has 0 aliphatic carbocycles. The maximum absolute atomic E-state index is 5.24. The van der Waals surface area contributed by atoms with Crippen molar-refractivity contribution < 1.29 is 40.0 Å². The van der Waals surface area contributed by atoms with Crippen molar-refractivity contribution in [2.24, 2.45) is 0 Å². The first-order valence-corrected chi connectivity index (χ1v) is 26.5. The molecule has 6 N–H and O–H groups in total. The number of nitrogens with one attached hydrogen (secondary N) is 6. The van der Waals surface area contributed by atoms with Crippen LogP contribution < -0.4 is 25.8 Å². The lowest BCUT2D eigenvalue weighted by Crippen LogP contribution is -3.03. The lowest BCUT2D eigenvalue weighted by Gasteiger charge is -2.27. The fourth-order valence-electron chi connectivity index (χ4n) is 4.57. The van der Waals surface area contributed by atoms with Crippen molar-refractivity contribution in [3.8, 4) is 0 Å². The van der Waals surface area contributed by atoms with E-state index in [4.69, 9.17) is 14.2 Å². The highest BCUT2D eigenvalue weighted by Gasteiger charge is 2.10. The molecule has 6 aliphatic rings. The Labute approximate surface area is 318 Å². The third-order valence-corrected chi connectivity index (χ3v) is 18.4. The predicted octanol–water partition coefficient (Wildman–Crippen LogP) is -1.94. The van der Waals surface area contributed by atoms with Gasteiger partial charge in [-0.3, -0.25) is 0 Å². The third kappa shape index (κ3) is 23.4. The van der Waals surface area contributed by atoms with E-state index in [1.807, 2.05) is 0 Å². The van der Waals surface area contributed by atoms with Crippen molar-refractivity contribution in [2.75, 3.05) is 101 Å². The predicted molar refractivity (Wildman–Crippen MR) is 235 cm³/mol. The van der Waals surface area contributed by atoms with Gasteiger partial charge in [0, 0.05) is 23.7 Å². The molecular weight excluding hydrogens is 733 g/mol. The highest BCUT2D eigenvalue weighted by atomic mass is 32.2. The molecule has 6 aliphatic heterocycles. The second-order valence-electron chi connectivity index (χ2n) is 12.3. The largest absolute Gasteiger partial charge is 0.414 e. The lowest BCUT2D eigenvalue weighted by atomic mass is 10.2. The number of ether oxygens (including phenoxy) is 3. The van der Waals surface area contributed by atoms with Crippen LogP contribution in [-0.2, 0) is 14.2 Å². The van der Waals surface area contributed by atoms with Crippen molar-refractivity contribution in [3.63, 3.8) is 0 Å². The molecule has 294 valence electrons. The van der Waals surface area contributed by atoms with E-state index in [2.05, 4.69) is 77.5 Å². The lowest BCUT2D eigenvalue weighted by molar-refractivity contribution is -0.736. The zero-order chi connectivity index (χ0) is 36.6. The summed E-state index contributed by atoms with van der Waals surface area (Å²) in [6, 6.07) is 0. The molecule has 0 spiro atoms. The van der Waals surface area contributed by atoms with Crippen LogP contribution in [0.3, 0.4) is 0 Å². The molecule has 0 aromatic carbocycles. The van der Waals surface area contributed by atoms with E-state index in [-0.39, 0.29) is 32.0 Å². The maximum Gasteiger partial charge on any atom is 0.167 e. The van der Waals surface area contributed by atoms with Crippen molar-refractivity contribution in [3.05, 3.63) is 42.3 Å². The van der Waals surface area contributed by atoms with E-state index >= 15 is 0 Å². The molecule has 0 radical (unpaired) electrons. The Bertz CT molecular complexity index is 949. The van der Waals surface area contributed by atoms with Gasteiger partial charge < -0.3 is 40.0 Å². The van der Waals surface area contributed by atoms with Crippen molar-refractivity contribution in [1.29, 1.82) is 0 Å². The zero-order valence-electron chi connectivity index (χ0n) is 30.7. The second-order valence-corrected chi connectivity index (χ2v) is 23.9. The fraction of sp³-hybridized carbons (Fsp3) is 0.647. The summed E-state index contributed by atoms with van der Waals surface area (Å²) in [6.45, 7) is 9.85. The fourth-order valence-corrected chi connectivity index (χ4v) is 11.0. The molecule has 0 aromatic rings. The van der Waals surface area contributed by atoms with Gasteiger partial charge in [-0.05, 0) is 131 Å². The summed E-state index contributed by atoms with van der Waals surface area (Å²) >= 11 is 0. The Morgan fingerprint density at radius 1 is 0.347 bits per heavy atom. The molecule has 12 unspecified atom stereocenters. The summed E-state index contributed by atoms with van der Waals surface area (Å²) in [5.41, 5.74) is 0. The summed E-state index contributed by atoms with van der Waals surface area (Å²) in [5.74, 6) is 30.6. The smallest absolute Gasteiger partial charge is 0.167 e. The topological polar surface area (TPSA) is 54.3 Å². The molecule has 0 aromatic heterocycles. The molecule has 0 saturated carbocycles. The van der Waals surface area contributed by atoms with Crippen LogP contribution in [0, 0.1) is 42.3 Å². The van der Waals surface area contributed by atoms with E-state index in [0.29, 0.717) is 32.0 Å². The van der Waals surface area contributed by atoms with Gasteiger partial charge in [0.25, 0.3) is 0 Å². The summed E-state index contributed by atoms with van der Waals surface area (Å²) < 4.78 is 23.4. The van der Waals surface area contributed by atoms with Gasteiger partial charge in [-0.1, -0.05) is 0 Å². The van der Waals surface area contributed by atoms with Crippen LogP contribution in [0.1, 0.15) is 38.5 Å². The standard InChI is InChI=1S/C7H15NS.C6H13NOS.C6H13NS.2C5H11NOS.C5H11NS/c1-8-6-4-3-5-7-9(8)2;1-7-3-4-8-5-6-9(7)2;1-7-5-3-4-6-8(7)2;1-6-5-7-3-4-8(6)2;1-6-3-4-7-5-8(6)2;1-6-4-3-5-7(6)2/h8H,1-7H2;7H,1-6H2;7H,1-6H2;2*6H,1-5H2;6H,1-5H2. The van der Waals surface area contributed by atoms with E-state index in [1.165, 1.54) is 96.9 Å². The number of hydrogen-bond donors (Lipinski definition) is 6. The normalized spacial score (nSPS) is 39.3. The molecule has 6 saturated heterocycles. The van der Waals surface area contributed by atoms with Gasteiger partial charge in [-0.2, -0.15) is 0 Å². The summed E-state index contributed by atoms with van der Waals surface area (Å²) in [6.07, 6.45) is 8.14.